The Bertz CT molecular complexity index is 459. The molecule has 0 aromatic carbocycles. The molecule has 0 atom stereocenters. The summed E-state index contributed by atoms with van der Waals surface area (Å²) in [6.45, 7) is 14.7. The molecule has 0 unspecified atom stereocenters. The van der Waals surface area contributed by atoms with E-state index in [9.17, 15) is 0 Å². The van der Waals surface area contributed by atoms with Crippen LogP contribution in [0.2, 0.25) is 0 Å². The van der Waals surface area contributed by atoms with Gasteiger partial charge >= 0.3 is 0 Å². The van der Waals surface area contributed by atoms with Gasteiger partial charge in [-0.1, -0.05) is 26.0 Å². The molecule has 9 heteroatoms. The Kier molecular flexibility index (Phi) is 16.0. The first-order valence-electron chi connectivity index (χ1n) is 10.2. The van der Waals surface area contributed by atoms with E-state index in [-0.39, 0.29) is 0 Å². The highest BCUT2D eigenvalue weighted by molar-refractivity contribution is 4.97. The Morgan fingerprint density at radius 3 is 1.79 bits per heavy atom. The van der Waals surface area contributed by atoms with Gasteiger partial charge in [-0.15, -0.1) is 5.10 Å². The van der Waals surface area contributed by atoms with E-state index >= 15 is 0 Å². The van der Waals surface area contributed by atoms with Crippen LogP contribution in [0.1, 0.15) is 32.4 Å². The lowest BCUT2D eigenvalue weighted by atomic mass is 10.2. The Hall–Kier alpha value is -1.10. The van der Waals surface area contributed by atoms with Gasteiger partial charge in [0.25, 0.3) is 0 Å². The molecule has 0 aliphatic carbocycles. The number of nitrogens with zero attached hydrogens (tertiary/aromatic N) is 3. The van der Waals surface area contributed by atoms with Gasteiger partial charge in [-0.05, 0) is 12.5 Å². The summed E-state index contributed by atoms with van der Waals surface area (Å²) in [4.78, 5) is 0. The summed E-state index contributed by atoms with van der Waals surface area (Å²) in [7, 11) is 0. The lowest BCUT2D eigenvalue weighted by Crippen LogP contribution is -2.20. The van der Waals surface area contributed by atoms with Crippen LogP contribution in [-0.4, -0.2) is 94.2 Å². The third-order valence-corrected chi connectivity index (χ3v) is 3.77. The van der Waals surface area contributed by atoms with Gasteiger partial charge in [0, 0.05) is 12.7 Å². The normalized spacial score (nSPS) is 11.6. The SMILES string of the molecule is CCNCCOCCOCCOCCOCCOCCn1cc(C(C)C)nn1. The second-order valence-electron chi connectivity index (χ2n) is 6.48. The van der Waals surface area contributed by atoms with Crippen LogP contribution in [0, 0.1) is 0 Å². The van der Waals surface area contributed by atoms with E-state index in [0.717, 1.165) is 18.8 Å². The number of aromatic nitrogens is 3. The Morgan fingerprint density at radius 1 is 0.821 bits per heavy atom. The summed E-state index contributed by atoms with van der Waals surface area (Å²) >= 11 is 0. The van der Waals surface area contributed by atoms with Gasteiger partial charge in [-0.25, -0.2) is 4.68 Å². The molecule has 0 spiro atoms. The van der Waals surface area contributed by atoms with Gasteiger partial charge in [-0.3, -0.25) is 0 Å². The van der Waals surface area contributed by atoms with Crippen molar-refractivity contribution in [1.82, 2.24) is 20.3 Å². The van der Waals surface area contributed by atoms with E-state index in [1.165, 1.54) is 0 Å². The molecule has 164 valence electrons. The van der Waals surface area contributed by atoms with Crippen LogP contribution >= 0.6 is 0 Å². The molecule has 0 aliphatic rings. The number of rotatable bonds is 20. The van der Waals surface area contributed by atoms with Crippen LogP contribution < -0.4 is 5.32 Å². The first-order valence-corrected chi connectivity index (χ1v) is 10.2. The van der Waals surface area contributed by atoms with Crippen molar-refractivity contribution in [2.75, 3.05) is 79.2 Å². The molecule has 1 aromatic rings. The summed E-state index contributed by atoms with van der Waals surface area (Å²) in [5.74, 6) is 0.393. The number of likely N-dealkylation sites (N-methyl/N-ethyl adjacent to an activating group) is 1. The van der Waals surface area contributed by atoms with E-state index in [1.54, 1.807) is 0 Å². The van der Waals surface area contributed by atoms with Gasteiger partial charge in [-0.2, -0.15) is 0 Å². The Balaban J connectivity index is 1.74. The van der Waals surface area contributed by atoms with Gasteiger partial charge in [0.05, 0.1) is 78.3 Å². The highest BCUT2D eigenvalue weighted by Gasteiger charge is 2.04. The van der Waals surface area contributed by atoms with Crippen molar-refractivity contribution in [1.29, 1.82) is 0 Å². The van der Waals surface area contributed by atoms with Gasteiger partial charge in [0.1, 0.15) is 0 Å². The van der Waals surface area contributed by atoms with Crippen LogP contribution in [0.5, 0.6) is 0 Å². The molecular weight excluding hydrogens is 364 g/mol. The van der Waals surface area contributed by atoms with Crippen LogP contribution in [0.4, 0.5) is 0 Å². The topological polar surface area (TPSA) is 88.9 Å². The standard InChI is InChI=1S/C19H38N4O5/c1-4-20-5-7-24-9-11-26-13-15-28-16-14-27-12-10-25-8-6-23-17-19(18(2)3)21-22-23/h17-18,20H,4-16H2,1-3H3. The molecular formula is C19H38N4O5. The lowest BCUT2D eigenvalue weighted by molar-refractivity contribution is -0.0113. The fourth-order valence-electron chi connectivity index (χ4n) is 2.15. The van der Waals surface area contributed by atoms with Crippen molar-refractivity contribution >= 4 is 0 Å². The number of ether oxygens (including phenoxy) is 5. The second kappa shape index (κ2) is 18.0. The maximum absolute atomic E-state index is 5.53. The fourth-order valence-corrected chi connectivity index (χ4v) is 2.15. The van der Waals surface area contributed by atoms with E-state index in [2.05, 4.69) is 36.4 Å². The monoisotopic (exact) mass is 402 g/mol. The minimum atomic E-state index is 0.393. The molecule has 0 radical (unpaired) electrons. The largest absolute Gasteiger partial charge is 0.378 e. The first kappa shape index (κ1) is 24.9. The summed E-state index contributed by atoms with van der Waals surface area (Å²) in [5, 5.41) is 11.4. The van der Waals surface area contributed by atoms with Crippen LogP contribution in [0.3, 0.4) is 0 Å². The molecule has 28 heavy (non-hydrogen) atoms. The van der Waals surface area contributed by atoms with Crippen LogP contribution in [0.15, 0.2) is 6.20 Å². The summed E-state index contributed by atoms with van der Waals surface area (Å²) in [6.07, 6.45) is 1.96. The molecule has 0 saturated carbocycles. The van der Waals surface area contributed by atoms with Crippen molar-refractivity contribution < 1.29 is 23.7 Å². The Morgan fingerprint density at radius 2 is 1.32 bits per heavy atom. The zero-order valence-corrected chi connectivity index (χ0v) is 17.7. The van der Waals surface area contributed by atoms with Crippen molar-refractivity contribution in [3.8, 4) is 0 Å². The first-order chi connectivity index (χ1) is 13.7. The van der Waals surface area contributed by atoms with Gasteiger partial charge < -0.3 is 29.0 Å². The van der Waals surface area contributed by atoms with Crippen molar-refractivity contribution in [2.24, 2.45) is 0 Å². The van der Waals surface area contributed by atoms with Crippen molar-refractivity contribution in [2.45, 2.75) is 33.2 Å². The minimum Gasteiger partial charge on any atom is -0.378 e. The zero-order chi connectivity index (χ0) is 20.3. The van der Waals surface area contributed by atoms with Crippen LogP contribution in [0.25, 0.3) is 0 Å². The number of hydrogen-bond donors (Lipinski definition) is 1. The second-order valence-corrected chi connectivity index (χ2v) is 6.48. The van der Waals surface area contributed by atoms with Crippen molar-refractivity contribution in [3.05, 3.63) is 11.9 Å². The maximum Gasteiger partial charge on any atom is 0.0852 e. The predicted molar refractivity (Wildman–Crippen MR) is 107 cm³/mol. The Labute approximate surface area is 169 Å². The molecule has 1 N–H and O–H groups in total. The van der Waals surface area contributed by atoms with E-state index in [0.29, 0.717) is 78.5 Å². The lowest BCUT2D eigenvalue weighted by Gasteiger charge is -2.08. The van der Waals surface area contributed by atoms with E-state index < -0.39 is 0 Å². The molecule has 0 bridgehead atoms. The maximum atomic E-state index is 5.53. The molecule has 9 nitrogen and oxygen atoms in total. The van der Waals surface area contributed by atoms with Gasteiger partial charge in [0.15, 0.2) is 0 Å². The predicted octanol–water partition coefficient (Wildman–Crippen LogP) is 1.09. The van der Waals surface area contributed by atoms with E-state index in [1.807, 2.05) is 10.9 Å². The minimum absolute atomic E-state index is 0.393. The number of hydrogen-bond acceptors (Lipinski definition) is 8. The van der Waals surface area contributed by atoms with Crippen molar-refractivity contribution in [3.63, 3.8) is 0 Å². The average Bonchev–Trinajstić information content (AvgIpc) is 3.16. The third kappa shape index (κ3) is 14.0. The smallest absolute Gasteiger partial charge is 0.0852 e. The fraction of sp³-hybridized carbons (Fsp3) is 0.895. The highest BCUT2D eigenvalue weighted by Crippen LogP contribution is 2.08. The number of nitrogens with one attached hydrogen (secondary N) is 1. The average molecular weight is 403 g/mol. The van der Waals surface area contributed by atoms with Gasteiger partial charge in [0.2, 0.25) is 0 Å². The summed E-state index contributed by atoms with van der Waals surface area (Å²) in [6, 6.07) is 0. The third-order valence-electron chi connectivity index (χ3n) is 3.77. The molecule has 1 heterocycles. The summed E-state index contributed by atoms with van der Waals surface area (Å²) < 4.78 is 29.1. The summed E-state index contributed by atoms with van der Waals surface area (Å²) in [5.41, 5.74) is 1.00. The molecule has 1 aromatic heterocycles. The van der Waals surface area contributed by atoms with Crippen LogP contribution in [-0.2, 0) is 30.2 Å². The molecule has 0 amide bonds. The highest BCUT2D eigenvalue weighted by atomic mass is 16.6. The quantitative estimate of drug-likeness (QED) is 0.324. The molecule has 0 fully saturated rings. The molecule has 0 saturated heterocycles. The zero-order valence-electron chi connectivity index (χ0n) is 17.7. The molecule has 0 aliphatic heterocycles. The molecule has 1 rings (SSSR count). The van der Waals surface area contributed by atoms with E-state index in [4.69, 9.17) is 23.7 Å².